The molecule has 1 aliphatic heterocycles. The fraction of sp³-hybridized carbons (Fsp3) is 0.0667. The average molecular weight is 585 g/mol. The summed E-state index contributed by atoms with van der Waals surface area (Å²) in [4.78, 5) is 19.1. The Kier molecular flexibility index (Phi) is 7.25. The minimum absolute atomic E-state index is 0.0698. The number of anilines is 1. The molecule has 0 amide bonds. The minimum atomic E-state index is -0.400. The number of hydrogen-bond acceptors (Lipinski definition) is 6. The molecule has 3 heterocycles. The van der Waals surface area contributed by atoms with E-state index in [0.717, 1.165) is 38.3 Å². The zero-order valence-corrected chi connectivity index (χ0v) is 23.2. The fourth-order valence-electron chi connectivity index (χ4n) is 4.65. The molecule has 6 rings (SSSR count). The van der Waals surface area contributed by atoms with Crippen LogP contribution in [0.3, 0.4) is 0 Å². The van der Waals surface area contributed by atoms with Gasteiger partial charge < -0.3 is 14.6 Å². The van der Waals surface area contributed by atoms with E-state index in [1.54, 1.807) is 18.3 Å². The predicted octanol–water partition coefficient (Wildman–Crippen LogP) is 8.23. The van der Waals surface area contributed by atoms with Crippen molar-refractivity contribution in [3.63, 3.8) is 0 Å². The molecule has 0 saturated carbocycles. The van der Waals surface area contributed by atoms with Crippen LogP contribution in [0.15, 0.2) is 124 Å². The first-order chi connectivity index (χ1) is 19.5. The number of nitrogens with one attached hydrogen (secondary N) is 1. The molecule has 1 N–H and O–H groups in total. The van der Waals surface area contributed by atoms with Crippen molar-refractivity contribution in [1.29, 1.82) is 0 Å². The quantitative estimate of drug-likeness (QED) is 0.116. The van der Waals surface area contributed by atoms with Crippen LogP contribution in [0.5, 0.6) is 0 Å². The number of pyridine rings is 1. The fourth-order valence-corrected chi connectivity index (χ4v) is 5.94. The topological polar surface area (TPSA) is 84.4 Å². The third-order valence-corrected chi connectivity index (χ3v) is 8.13. The van der Waals surface area contributed by atoms with Crippen molar-refractivity contribution in [3.05, 3.63) is 136 Å². The first-order valence-electron chi connectivity index (χ1n) is 12.3. The summed E-state index contributed by atoms with van der Waals surface area (Å²) in [5.74, 6) is 1.48. The highest BCUT2D eigenvalue weighted by atomic mass is 35.5. The SMILES string of the molecule is O=[N+]([O-])c1ccc(Sc2ccc(N3C(=S)N[C@H](c4ccccn4)[C@@H]3c3ccc(-c4ccc(Cl)cc4)o3)cc2)cc1. The summed E-state index contributed by atoms with van der Waals surface area (Å²) in [6, 6.07) is 31.3. The number of nitrogens with zero attached hydrogens (tertiary/aromatic N) is 3. The van der Waals surface area contributed by atoms with E-state index in [0.29, 0.717) is 10.1 Å². The maximum Gasteiger partial charge on any atom is 0.269 e. The maximum atomic E-state index is 11.0. The van der Waals surface area contributed by atoms with E-state index in [1.165, 1.54) is 23.9 Å². The van der Waals surface area contributed by atoms with E-state index in [-0.39, 0.29) is 17.8 Å². The molecule has 40 heavy (non-hydrogen) atoms. The number of nitro groups is 1. The van der Waals surface area contributed by atoms with Gasteiger partial charge in [0.25, 0.3) is 5.69 Å². The Hall–Kier alpha value is -4.18. The van der Waals surface area contributed by atoms with Gasteiger partial charge in [0.15, 0.2) is 5.11 Å². The van der Waals surface area contributed by atoms with Crippen LogP contribution >= 0.6 is 35.6 Å². The summed E-state index contributed by atoms with van der Waals surface area (Å²) in [5, 5.41) is 15.6. The zero-order valence-electron chi connectivity index (χ0n) is 20.8. The molecule has 2 aromatic heterocycles. The van der Waals surface area contributed by atoms with E-state index >= 15 is 0 Å². The Morgan fingerprint density at radius 3 is 2.27 bits per heavy atom. The number of nitro benzene ring substituents is 1. The van der Waals surface area contributed by atoms with Crippen molar-refractivity contribution < 1.29 is 9.34 Å². The van der Waals surface area contributed by atoms with E-state index < -0.39 is 4.92 Å². The van der Waals surface area contributed by atoms with Crippen LogP contribution < -0.4 is 10.2 Å². The van der Waals surface area contributed by atoms with Gasteiger partial charge >= 0.3 is 0 Å². The smallest absolute Gasteiger partial charge is 0.269 e. The lowest BCUT2D eigenvalue weighted by atomic mass is 10.0. The predicted molar refractivity (Wildman–Crippen MR) is 161 cm³/mol. The second kappa shape index (κ2) is 11.1. The van der Waals surface area contributed by atoms with Gasteiger partial charge in [-0.05, 0) is 97.1 Å². The normalized spacial score (nSPS) is 16.6. The van der Waals surface area contributed by atoms with Crippen molar-refractivity contribution in [3.8, 4) is 11.3 Å². The monoisotopic (exact) mass is 584 g/mol. The molecule has 0 bridgehead atoms. The molecule has 1 saturated heterocycles. The van der Waals surface area contributed by atoms with Crippen molar-refractivity contribution in [2.24, 2.45) is 0 Å². The van der Waals surface area contributed by atoms with Gasteiger partial charge in [-0.15, -0.1) is 0 Å². The van der Waals surface area contributed by atoms with E-state index in [1.807, 2.05) is 78.9 Å². The summed E-state index contributed by atoms with van der Waals surface area (Å²) in [5.41, 5.74) is 2.75. The molecule has 3 aromatic carbocycles. The van der Waals surface area contributed by atoms with Gasteiger partial charge in [-0.3, -0.25) is 15.1 Å². The van der Waals surface area contributed by atoms with Crippen LogP contribution in [0, 0.1) is 10.1 Å². The second-order valence-electron chi connectivity index (χ2n) is 9.05. The summed E-state index contributed by atoms with van der Waals surface area (Å²) in [7, 11) is 0. The van der Waals surface area contributed by atoms with Crippen molar-refractivity contribution in [2.75, 3.05) is 4.90 Å². The molecule has 0 unspecified atom stereocenters. The second-order valence-corrected chi connectivity index (χ2v) is 11.0. The maximum absolute atomic E-state index is 11.0. The number of benzene rings is 3. The van der Waals surface area contributed by atoms with E-state index in [4.69, 9.17) is 28.2 Å². The van der Waals surface area contributed by atoms with Gasteiger partial charge in [0.1, 0.15) is 17.6 Å². The lowest BCUT2D eigenvalue weighted by Crippen LogP contribution is -2.29. The molecule has 0 spiro atoms. The van der Waals surface area contributed by atoms with Crippen molar-refractivity contribution in [2.45, 2.75) is 21.9 Å². The zero-order chi connectivity index (χ0) is 27.6. The van der Waals surface area contributed by atoms with Crippen LogP contribution in [0.4, 0.5) is 11.4 Å². The summed E-state index contributed by atoms with van der Waals surface area (Å²) in [6.45, 7) is 0. The number of halogens is 1. The Morgan fingerprint density at radius 2 is 1.62 bits per heavy atom. The Labute approximate surface area is 245 Å². The van der Waals surface area contributed by atoms with Crippen molar-refractivity contribution in [1.82, 2.24) is 10.3 Å². The van der Waals surface area contributed by atoms with E-state index in [2.05, 4.69) is 15.2 Å². The number of non-ortho nitro benzene ring substituents is 1. The van der Waals surface area contributed by atoms with Gasteiger partial charge in [-0.25, -0.2) is 0 Å². The van der Waals surface area contributed by atoms with Crippen LogP contribution in [0.25, 0.3) is 11.3 Å². The molecule has 1 fully saturated rings. The van der Waals surface area contributed by atoms with Crippen LogP contribution in [-0.2, 0) is 0 Å². The van der Waals surface area contributed by atoms with Gasteiger partial charge in [-0.2, -0.15) is 0 Å². The number of furan rings is 1. The van der Waals surface area contributed by atoms with Crippen LogP contribution in [0.2, 0.25) is 5.02 Å². The number of thiocarbonyl (C=S) groups is 1. The lowest BCUT2D eigenvalue weighted by molar-refractivity contribution is -0.384. The molecular formula is C30H21ClN4O3S2. The molecule has 0 radical (unpaired) electrons. The summed E-state index contributed by atoms with van der Waals surface area (Å²) < 4.78 is 6.41. The van der Waals surface area contributed by atoms with Gasteiger partial charge in [-0.1, -0.05) is 29.4 Å². The lowest BCUT2D eigenvalue weighted by Gasteiger charge is -2.26. The molecule has 5 aromatic rings. The van der Waals surface area contributed by atoms with Gasteiger partial charge in [0, 0.05) is 44.4 Å². The molecule has 198 valence electrons. The largest absolute Gasteiger partial charge is 0.459 e. The number of aromatic nitrogens is 1. The first kappa shape index (κ1) is 26.1. The molecular weight excluding hydrogens is 564 g/mol. The van der Waals surface area contributed by atoms with Crippen LogP contribution in [-0.4, -0.2) is 15.0 Å². The molecule has 7 nitrogen and oxygen atoms in total. The van der Waals surface area contributed by atoms with Gasteiger partial charge in [0.2, 0.25) is 0 Å². The molecule has 0 aliphatic carbocycles. The Morgan fingerprint density at radius 1 is 0.925 bits per heavy atom. The first-order valence-corrected chi connectivity index (χ1v) is 14.0. The molecule has 2 atom stereocenters. The highest BCUT2D eigenvalue weighted by Crippen LogP contribution is 2.43. The highest BCUT2D eigenvalue weighted by molar-refractivity contribution is 7.99. The summed E-state index contributed by atoms with van der Waals surface area (Å²) in [6.07, 6.45) is 1.77. The highest BCUT2D eigenvalue weighted by Gasteiger charge is 2.42. The van der Waals surface area contributed by atoms with E-state index in [9.17, 15) is 10.1 Å². The minimum Gasteiger partial charge on any atom is -0.459 e. The average Bonchev–Trinajstić information content (AvgIpc) is 3.59. The molecule has 1 aliphatic rings. The van der Waals surface area contributed by atoms with Crippen molar-refractivity contribution >= 4 is 52.1 Å². The Bertz CT molecular complexity index is 1660. The number of rotatable bonds is 7. The molecule has 10 heteroatoms. The summed E-state index contributed by atoms with van der Waals surface area (Å²) >= 11 is 13.4. The van der Waals surface area contributed by atoms with Gasteiger partial charge in [0.05, 0.1) is 16.7 Å². The Balaban J connectivity index is 1.31. The van der Waals surface area contributed by atoms with Crippen LogP contribution in [0.1, 0.15) is 23.5 Å². The number of hydrogen-bond donors (Lipinski definition) is 1. The third kappa shape index (κ3) is 5.31. The third-order valence-electron chi connectivity index (χ3n) is 6.54. The standard InChI is InChI=1S/C30H21ClN4O3S2/c31-20-6-4-19(5-7-20)26-16-17-27(38-26)29-28(25-3-1-2-18-32-25)33-30(39)34(29)21-8-12-23(13-9-21)40-24-14-10-22(11-15-24)35(36)37/h1-18,28-29H,(H,33,39)/t28-,29+/m1/s1.